The number of aliphatic hydroxyl groups excluding tert-OH is 1. The Morgan fingerprint density at radius 2 is 1.64 bits per heavy atom. The fraction of sp³-hybridized carbons (Fsp3) is 0.677. The van der Waals surface area contributed by atoms with Crippen LogP contribution in [0.25, 0.3) is 0 Å². The van der Waals surface area contributed by atoms with E-state index >= 15 is 0 Å². The Morgan fingerprint density at radius 1 is 1.00 bits per heavy atom. The number of carbonyl (C=O) groups is 8. The van der Waals surface area contributed by atoms with E-state index in [1.807, 2.05) is 0 Å². The lowest BCUT2D eigenvalue weighted by Crippen LogP contribution is -2.80. The second-order valence-corrected chi connectivity index (χ2v) is 14.0. The molecule has 0 spiro atoms. The molecule has 2 aliphatic rings. The lowest BCUT2D eigenvalue weighted by molar-refractivity contribution is -0.192. The van der Waals surface area contributed by atoms with Gasteiger partial charge in [0, 0.05) is 31.3 Å². The number of carboxylic acids is 2. The highest BCUT2D eigenvalue weighted by atomic mass is 32.2. The van der Waals surface area contributed by atoms with Crippen molar-refractivity contribution < 1.29 is 63.1 Å². The van der Waals surface area contributed by atoms with Gasteiger partial charge in [0.1, 0.15) is 29.8 Å². The molecule has 14 N–H and O–H groups in total. The Bertz CT molecular complexity index is 1450. The second-order valence-electron chi connectivity index (χ2n) is 12.9. The predicted octanol–water partition coefficient (Wildman–Crippen LogP) is -3.86. The van der Waals surface area contributed by atoms with Crippen LogP contribution < -0.4 is 38.9 Å². The average Bonchev–Trinajstić information content (AvgIpc) is 3.08. The van der Waals surface area contributed by atoms with E-state index in [9.17, 15) is 48.6 Å². The van der Waals surface area contributed by atoms with Crippen LogP contribution in [0.3, 0.4) is 0 Å². The Morgan fingerprint density at radius 3 is 2.19 bits per heavy atom. The molecule has 2 rings (SSSR count). The second kappa shape index (κ2) is 20.2. The van der Waals surface area contributed by atoms with Gasteiger partial charge >= 0.3 is 17.9 Å². The van der Waals surface area contributed by atoms with Gasteiger partial charge in [-0.25, -0.2) is 4.79 Å². The van der Waals surface area contributed by atoms with Crippen molar-refractivity contribution in [2.45, 2.75) is 100 Å². The number of rotatable bonds is 23. The highest BCUT2D eigenvalue weighted by molar-refractivity contribution is 8.00. The standard InChI is InChI=1S/C31H50N8O13S/c1-14(2)23(37-25(44)16(33)7-5-9-32)26(45)36-18(10-20(35)41)19(40)11-22(43)52-12-15-13-53-30-31(51-3,29(50)39(30)24(15)28(48)49)38-21(42)8-4-6-17(34)27(46)47/h14,16-19,23,30,40H,4-13,32-34H2,1-3H3,(H2,35,41)(H,36,45)(H,37,44)(H,38,42)(H,46,47)(H,48,49). The van der Waals surface area contributed by atoms with Crippen molar-refractivity contribution in [2.75, 3.05) is 26.0 Å². The number of carboxylic acid groups (broad SMARTS) is 2. The van der Waals surface area contributed by atoms with E-state index in [1.54, 1.807) is 13.8 Å². The zero-order chi connectivity index (χ0) is 40.2. The summed E-state index contributed by atoms with van der Waals surface area (Å²) in [4.78, 5) is 100. The van der Waals surface area contributed by atoms with E-state index in [0.29, 0.717) is 13.0 Å². The van der Waals surface area contributed by atoms with Crippen molar-refractivity contribution in [1.29, 1.82) is 0 Å². The maximum absolute atomic E-state index is 13.3. The predicted molar refractivity (Wildman–Crippen MR) is 185 cm³/mol. The number of aliphatic carboxylic acids is 2. The largest absolute Gasteiger partial charge is 0.480 e. The van der Waals surface area contributed by atoms with Gasteiger partial charge in [-0.05, 0) is 38.1 Å². The molecule has 0 saturated carbocycles. The van der Waals surface area contributed by atoms with E-state index in [0.717, 1.165) is 23.8 Å². The minimum absolute atomic E-state index is 0.00344. The number of nitrogens with two attached hydrogens (primary N) is 4. The molecular formula is C31H50N8O13S. The fourth-order valence-electron chi connectivity index (χ4n) is 5.51. The van der Waals surface area contributed by atoms with Gasteiger partial charge in [0.25, 0.3) is 11.6 Å². The Labute approximate surface area is 309 Å². The quantitative estimate of drug-likeness (QED) is 0.0270. The topological polar surface area (TPSA) is 359 Å². The van der Waals surface area contributed by atoms with Gasteiger partial charge in [0.15, 0.2) is 0 Å². The van der Waals surface area contributed by atoms with Gasteiger partial charge < -0.3 is 63.7 Å². The summed E-state index contributed by atoms with van der Waals surface area (Å²) in [6, 6.07) is -4.63. The SMILES string of the molecule is COC1(NC(=O)CCCC(N)C(=O)O)C(=O)N2C(C(=O)O)=C(COC(=O)CC(O)C(CC(N)=O)NC(=O)C(NC(=O)C(N)CCCN)C(C)C)CSC21. The third-order valence-electron chi connectivity index (χ3n) is 8.50. The molecular weight excluding hydrogens is 724 g/mol. The first-order valence-electron chi connectivity index (χ1n) is 16.7. The van der Waals surface area contributed by atoms with Gasteiger partial charge in [-0.2, -0.15) is 0 Å². The van der Waals surface area contributed by atoms with Gasteiger partial charge in [-0.15, -0.1) is 11.8 Å². The van der Waals surface area contributed by atoms with Crippen LogP contribution in [-0.2, 0) is 47.8 Å². The van der Waals surface area contributed by atoms with Crippen LogP contribution in [-0.4, -0.2) is 135 Å². The van der Waals surface area contributed by atoms with Crippen molar-refractivity contribution in [3.63, 3.8) is 0 Å². The number of nitrogens with one attached hydrogen (secondary N) is 3. The lowest BCUT2D eigenvalue weighted by atomic mass is 9.97. The minimum Gasteiger partial charge on any atom is -0.480 e. The molecule has 1 saturated heterocycles. The normalized spacial score (nSPS) is 20.9. The number of amides is 5. The molecule has 0 aromatic rings. The van der Waals surface area contributed by atoms with Crippen molar-refractivity contribution in [3.05, 3.63) is 11.3 Å². The van der Waals surface area contributed by atoms with Crippen LogP contribution in [0.1, 0.15) is 58.8 Å². The molecule has 2 aliphatic heterocycles. The number of methoxy groups -OCH3 is 1. The lowest BCUT2D eigenvalue weighted by Gasteiger charge is -2.55. The molecule has 53 heavy (non-hydrogen) atoms. The Kier molecular flexibility index (Phi) is 17.1. The molecule has 298 valence electrons. The molecule has 0 aromatic carbocycles. The summed E-state index contributed by atoms with van der Waals surface area (Å²) < 4.78 is 10.6. The van der Waals surface area contributed by atoms with E-state index in [2.05, 4.69) is 16.0 Å². The Hall–Kier alpha value is -4.35. The monoisotopic (exact) mass is 774 g/mol. The van der Waals surface area contributed by atoms with Crippen LogP contribution in [0.4, 0.5) is 0 Å². The molecule has 22 heteroatoms. The zero-order valence-corrected chi connectivity index (χ0v) is 30.5. The molecule has 1 fully saturated rings. The maximum atomic E-state index is 13.3. The highest BCUT2D eigenvalue weighted by Crippen LogP contribution is 2.46. The first kappa shape index (κ1) is 44.8. The van der Waals surface area contributed by atoms with Crippen LogP contribution in [0.5, 0.6) is 0 Å². The summed E-state index contributed by atoms with van der Waals surface area (Å²) in [5, 5.41) is 36.2. The number of fused-ring (bicyclic) bond motifs is 1. The number of hydrogen-bond acceptors (Lipinski definition) is 15. The van der Waals surface area contributed by atoms with E-state index < -0.39 is 120 Å². The summed E-state index contributed by atoms with van der Waals surface area (Å²) >= 11 is 1.01. The molecule has 0 bridgehead atoms. The molecule has 7 atom stereocenters. The van der Waals surface area contributed by atoms with Crippen LogP contribution in [0.15, 0.2) is 11.3 Å². The third kappa shape index (κ3) is 11.8. The maximum Gasteiger partial charge on any atom is 0.352 e. The number of aliphatic hydroxyl groups is 1. The summed E-state index contributed by atoms with van der Waals surface area (Å²) in [6.45, 7) is 2.97. The van der Waals surface area contributed by atoms with Gasteiger partial charge in [0.2, 0.25) is 23.6 Å². The number of thioether (sulfide) groups is 1. The third-order valence-corrected chi connectivity index (χ3v) is 9.87. The smallest absolute Gasteiger partial charge is 0.352 e. The van der Waals surface area contributed by atoms with E-state index in [-0.39, 0.29) is 37.0 Å². The Balaban J connectivity index is 2.10. The van der Waals surface area contributed by atoms with Crippen molar-refractivity contribution in [1.82, 2.24) is 20.9 Å². The van der Waals surface area contributed by atoms with Crippen LogP contribution in [0.2, 0.25) is 0 Å². The van der Waals surface area contributed by atoms with E-state index in [4.69, 9.17) is 37.5 Å². The molecule has 0 aromatic heterocycles. The summed E-state index contributed by atoms with van der Waals surface area (Å²) in [7, 11) is 1.15. The average molecular weight is 775 g/mol. The number of carbonyl (C=O) groups excluding carboxylic acids is 6. The minimum atomic E-state index is -1.92. The fourth-order valence-corrected chi connectivity index (χ4v) is 6.93. The zero-order valence-electron chi connectivity index (χ0n) is 29.7. The highest BCUT2D eigenvalue weighted by Gasteiger charge is 2.66. The first-order valence-corrected chi connectivity index (χ1v) is 17.8. The van der Waals surface area contributed by atoms with E-state index in [1.165, 1.54) is 0 Å². The van der Waals surface area contributed by atoms with Crippen LogP contribution in [0, 0.1) is 5.92 Å². The molecule has 7 unspecified atom stereocenters. The van der Waals surface area contributed by atoms with Gasteiger partial charge in [0.05, 0.1) is 24.6 Å². The number of β-lactam (4-membered cyclic amide) rings is 1. The molecule has 0 aliphatic carbocycles. The summed E-state index contributed by atoms with van der Waals surface area (Å²) in [5.74, 6) is -8.26. The number of hydrogen-bond donors (Lipinski definition) is 10. The van der Waals surface area contributed by atoms with Crippen molar-refractivity contribution in [3.8, 4) is 0 Å². The first-order chi connectivity index (χ1) is 24.8. The summed E-state index contributed by atoms with van der Waals surface area (Å²) in [6.07, 6.45) is -2.42. The van der Waals surface area contributed by atoms with Crippen molar-refractivity contribution >= 4 is 59.2 Å². The number of primary amides is 1. The summed E-state index contributed by atoms with van der Waals surface area (Å²) in [5.41, 5.74) is 19.7. The number of ether oxygens (including phenoxy) is 2. The van der Waals surface area contributed by atoms with Crippen LogP contribution >= 0.6 is 11.8 Å². The van der Waals surface area contributed by atoms with Gasteiger partial charge in [-0.3, -0.25) is 38.5 Å². The molecule has 21 nitrogen and oxygen atoms in total. The molecule has 2 heterocycles. The molecule has 0 radical (unpaired) electrons. The van der Waals surface area contributed by atoms with Gasteiger partial charge in [-0.1, -0.05) is 13.8 Å². The van der Waals surface area contributed by atoms with Crippen molar-refractivity contribution in [2.24, 2.45) is 28.9 Å². The molecule has 5 amide bonds. The number of nitrogens with zero attached hydrogens (tertiary/aromatic N) is 1. The number of esters is 1.